The highest BCUT2D eigenvalue weighted by atomic mass is 32.2. The summed E-state index contributed by atoms with van der Waals surface area (Å²) >= 11 is 0. The number of rotatable bonds is 5. The molecule has 0 saturated carbocycles. The lowest BCUT2D eigenvalue weighted by molar-refractivity contribution is -0.384. The normalized spacial score (nSPS) is 12.0. The van der Waals surface area contributed by atoms with Crippen molar-refractivity contribution in [2.75, 3.05) is 11.5 Å². The van der Waals surface area contributed by atoms with Gasteiger partial charge in [-0.25, -0.2) is 0 Å². The van der Waals surface area contributed by atoms with Gasteiger partial charge in [0.25, 0.3) is 5.69 Å². The van der Waals surface area contributed by atoms with Gasteiger partial charge in [0.05, 0.1) is 20.6 Å². The molecule has 1 atom stereocenters. The third-order valence-corrected chi connectivity index (χ3v) is 4.32. The number of benzene rings is 2. The molecule has 0 radical (unpaired) electrons. The van der Waals surface area contributed by atoms with Gasteiger partial charge in [-0.1, -0.05) is 24.3 Å². The molecule has 0 bridgehead atoms. The molecular formula is C14H14N2O3S. The lowest BCUT2D eigenvalue weighted by Crippen LogP contribution is -2.04. The van der Waals surface area contributed by atoms with E-state index in [0.717, 1.165) is 5.56 Å². The predicted octanol–water partition coefficient (Wildman–Crippen LogP) is 2.53. The number of nitrogens with two attached hydrogens (primary N) is 1. The summed E-state index contributed by atoms with van der Waals surface area (Å²) in [7, 11) is -1.17. The first-order valence-electron chi connectivity index (χ1n) is 6.04. The molecule has 0 fully saturated rings. The number of hydrogen-bond acceptors (Lipinski definition) is 4. The fourth-order valence-corrected chi connectivity index (χ4v) is 2.99. The first-order chi connectivity index (χ1) is 9.58. The minimum Gasteiger partial charge on any atom is -0.398 e. The van der Waals surface area contributed by atoms with Crippen LogP contribution in [0.3, 0.4) is 0 Å². The highest BCUT2D eigenvalue weighted by Crippen LogP contribution is 2.17. The van der Waals surface area contributed by atoms with Crippen LogP contribution >= 0.6 is 0 Å². The van der Waals surface area contributed by atoms with E-state index in [2.05, 4.69) is 0 Å². The first-order valence-corrected chi connectivity index (χ1v) is 7.36. The number of para-hydroxylation sites is 1. The molecule has 6 heteroatoms. The Bertz CT molecular complexity index is 641. The van der Waals surface area contributed by atoms with Crippen molar-refractivity contribution in [3.63, 3.8) is 0 Å². The molecule has 0 aromatic heterocycles. The van der Waals surface area contributed by atoms with Crippen LogP contribution in [-0.4, -0.2) is 14.9 Å². The molecule has 20 heavy (non-hydrogen) atoms. The SMILES string of the molecule is Nc1ccccc1S(=O)CCc1ccc([N+](=O)[O-])cc1. The maximum atomic E-state index is 12.1. The zero-order valence-electron chi connectivity index (χ0n) is 10.7. The van der Waals surface area contributed by atoms with E-state index < -0.39 is 15.7 Å². The number of nitro groups is 1. The number of nitrogens with zero attached hydrogens (tertiary/aromatic N) is 1. The fourth-order valence-electron chi connectivity index (χ4n) is 1.79. The van der Waals surface area contributed by atoms with Gasteiger partial charge in [0.1, 0.15) is 0 Å². The van der Waals surface area contributed by atoms with Gasteiger partial charge in [0.15, 0.2) is 0 Å². The molecule has 0 saturated heterocycles. The van der Waals surface area contributed by atoms with Gasteiger partial charge in [0, 0.05) is 23.6 Å². The van der Waals surface area contributed by atoms with Crippen molar-refractivity contribution >= 4 is 22.2 Å². The third kappa shape index (κ3) is 3.42. The highest BCUT2D eigenvalue weighted by molar-refractivity contribution is 7.85. The number of non-ortho nitro benzene ring substituents is 1. The van der Waals surface area contributed by atoms with Crippen molar-refractivity contribution < 1.29 is 9.13 Å². The van der Waals surface area contributed by atoms with Crippen molar-refractivity contribution in [1.29, 1.82) is 0 Å². The van der Waals surface area contributed by atoms with Crippen molar-refractivity contribution in [3.05, 3.63) is 64.2 Å². The van der Waals surface area contributed by atoms with Crippen LogP contribution in [0, 0.1) is 10.1 Å². The monoisotopic (exact) mass is 290 g/mol. The molecule has 2 aromatic carbocycles. The molecule has 0 spiro atoms. The van der Waals surface area contributed by atoms with Crippen LogP contribution in [0.4, 0.5) is 11.4 Å². The minimum atomic E-state index is -1.17. The van der Waals surface area contributed by atoms with Crippen molar-refractivity contribution in [2.24, 2.45) is 0 Å². The Morgan fingerprint density at radius 1 is 1.10 bits per heavy atom. The summed E-state index contributed by atoms with van der Waals surface area (Å²) in [6.45, 7) is 0. The smallest absolute Gasteiger partial charge is 0.269 e. The van der Waals surface area contributed by atoms with Crippen LogP contribution in [0.15, 0.2) is 53.4 Å². The van der Waals surface area contributed by atoms with Gasteiger partial charge in [-0.15, -0.1) is 0 Å². The Morgan fingerprint density at radius 2 is 1.75 bits per heavy atom. The number of nitrogen functional groups attached to an aromatic ring is 1. The molecule has 2 rings (SSSR count). The maximum Gasteiger partial charge on any atom is 0.269 e. The third-order valence-electron chi connectivity index (χ3n) is 2.89. The number of hydrogen-bond donors (Lipinski definition) is 1. The van der Waals surface area contributed by atoms with Crippen LogP contribution in [-0.2, 0) is 17.2 Å². The van der Waals surface area contributed by atoms with Gasteiger partial charge in [-0.3, -0.25) is 14.3 Å². The summed E-state index contributed by atoms with van der Waals surface area (Å²) in [5.41, 5.74) is 7.27. The van der Waals surface area contributed by atoms with E-state index in [1.54, 1.807) is 36.4 Å². The van der Waals surface area contributed by atoms with Gasteiger partial charge < -0.3 is 5.73 Å². The molecule has 1 unspecified atom stereocenters. The quantitative estimate of drug-likeness (QED) is 0.521. The van der Waals surface area contributed by atoms with E-state index in [4.69, 9.17) is 5.73 Å². The van der Waals surface area contributed by atoms with E-state index in [0.29, 0.717) is 22.8 Å². The lowest BCUT2D eigenvalue weighted by atomic mass is 10.1. The Morgan fingerprint density at radius 3 is 2.35 bits per heavy atom. The topological polar surface area (TPSA) is 86.2 Å². The molecule has 5 nitrogen and oxygen atoms in total. The van der Waals surface area contributed by atoms with Gasteiger partial charge >= 0.3 is 0 Å². The predicted molar refractivity (Wildman–Crippen MR) is 78.9 cm³/mol. The second-order valence-electron chi connectivity index (χ2n) is 4.26. The summed E-state index contributed by atoms with van der Waals surface area (Å²) < 4.78 is 12.1. The second-order valence-corrected chi connectivity index (χ2v) is 5.80. The maximum absolute atomic E-state index is 12.1. The zero-order chi connectivity index (χ0) is 14.5. The summed E-state index contributed by atoms with van der Waals surface area (Å²) in [5, 5.41) is 10.5. The Labute approximate surface area is 119 Å². The summed E-state index contributed by atoms with van der Waals surface area (Å²) in [6.07, 6.45) is 0.582. The zero-order valence-corrected chi connectivity index (χ0v) is 11.5. The molecule has 104 valence electrons. The van der Waals surface area contributed by atoms with E-state index in [9.17, 15) is 14.3 Å². The standard InChI is InChI=1S/C14H14N2O3S/c15-13-3-1-2-4-14(13)20(19)10-9-11-5-7-12(8-6-11)16(17)18/h1-8H,9-10,15H2. The average molecular weight is 290 g/mol. The lowest BCUT2D eigenvalue weighted by Gasteiger charge is -2.05. The average Bonchev–Trinajstić information content (AvgIpc) is 2.45. The molecule has 2 N–H and O–H groups in total. The van der Waals surface area contributed by atoms with Crippen molar-refractivity contribution in [3.8, 4) is 0 Å². The summed E-state index contributed by atoms with van der Waals surface area (Å²) in [6, 6.07) is 13.3. The Balaban J connectivity index is 2.00. The van der Waals surface area contributed by atoms with Gasteiger partial charge in [-0.05, 0) is 24.1 Å². The summed E-state index contributed by atoms with van der Waals surface area (Å²) in [4.78, 5) is 10.7. The summed E-state index contributed by atoms with van der Waals surface area (Å²) in [5.74, 6) is 0.437. The van der Waals surface area contributed by atoms with Crippen molar-refractivity contribution in [2.45, 2.75) is 11.3 Å². The van der Waals surface area contributed by atoms with Gasteiger partial charge in [0.2, 0.25) is 0 Å². The molecular weight excluding hydrogens is 276 g/mol. The highest BCUT2D eigenvalue weighted by Gasteiger charge is 2.08. The number of aryl methyl sites for hydroxylation is 1. The largest absolute Gasteiger partial charge is 0.398 e. The van der Waals surface area contributed by atoms with Crippen LogP contribution in [0.25, 0.3) is 0 Å². The van der Waals surface area contributed by atoms with Crippen LogP contribution in [0.1, 0.15) is 5.56 Å². The van der Waals surface area contributed by atoms with Crippen LogP contribution < -0.4 is 5.73 Å². The molecule has 0 aliphatic carbocycles. The van der Waals surface area contributed by atoms with E-state index >= 15 is 0 Å². The first kappa shape index (κ1) is 14.2. The molecule has 2 aromatic rings. The van der Waals surface area contributed by atoms with Crippen molar-refractivity contribution in [1.82, 2.24) is 0 Å². The Kier molecular flexibility index (Phi) is 4.47. The number of nitro benzene ring substituents is 1. The molecule has 0 aliphatic heterocycles. The molecule has 0 heterocycles. The minimum absolute atomic E-state index is 0.0576. The Hall–Kier alpha value is -2.21. The van der Waals surface area contributed by atoms with E-state index in [-0.39, 0.29) is 5.69 Å². The fraction of sp³-hybridized carbons (Fsp3) is 0.143. The van der Waals surface area contributed by atoms with Gasteiger partial charge in [-0.2, -0.15) is 0 Å². The van der Waals surface area contributed by atoms with Crippen LogP contribution in [0.5, 0.6) is 0 Å². The van der Waals surface area contributed by atoms with E-state index in [1.165, 1.54) is 12.1 Å². The second kappa shape index (κ2) is 6.29. The van der Waals surface area contributed by atoms with E-state index in [1.807, 2.05) is 0 Å². The number of anilines is 1. The molecule has 0 aliphatic rings. The molecule has 0 amide bonds. The van der Waals surface area contributed by atoms with Crippen LogP contribution in [0.2, 0.25) is 0 Å².